The average Bonchev–Trinajstić information content (AvgIpc) is 2.29. The lowest BCUT2D eigenvalue weighted by molar-refractivity contribution is 1.29. The molecule has 0 saturated heterocycles. The fourth-order valence-corrected chi connectivity index (χ4v) is 1.97. The van der Waals surface area contributed by atoms with Crippen LogP contribution < -0.4 is 5.32 Å². The maximum absolute atomic E-state index is 4.42. The fraction of sp³-hybridized carbons (Fsp3) is 0.143. The van der Waals surface area contributed by atoms with Gasteiger partial charge in [0, 0.05) is 21.2 Å². The van der Waals surface area contributed by atoms with Gasteiger partial charge in [-0.15, -0.1) is 25.3 Å². The second-order valence-electron chi connectivity index (χ2n) is 4.13. The summed E-state index contributed by atoms with van der Waals surface area (Å²) in [4.78, 5) is 1.99. The molecule has 0 aliphatic heterocycles. The zero-order valence-corrected chi connectivity index (χ0v) is 11.6. The highest BCUT2D eigenvalue weighted by Crippen LogP contribution is 2.24. The summed E-state index contributed by atoms with van der Waals surface area (Å²) in [5, 5.41) is 3.34. The molecule has 0 heterocycles. The first kappa shape index (κ1) is 12.4. The van der Waals surface area contributed by atoms with Crippen molar-refractivity contribution >= 4 is 36.6 Å². The highest BCUT2D eigenvalue weighted by atomic mass is 32.1. The minimum absolute atomic E-state index is 0.994. The Labute approximate surface area is 113 Å². The van der Waals surface area contributed by atoms with Crippen LogP contribution in [0.25, 0.3) is 0 Å². The molecule has 2 aromatic carbocycles. The minimum atomic E-state index is 0.994. The van der Waals surface area contributed by atoms with Crippen LogP contribution in [0, 0.1) is 13.8 Å². The molecule has 0 aliphatic carbocycles. The second-order valence-corrected chi connectivity index (χ2v) is 5.09. The third-order valence-corrected chi connectivity index (χ3v) is 3.67. The molecule has 2 aromatic rings. The van der Waals surface area contributed by atoms with Crippen molar-refractivity contribution in [3.63, 3.8) is 0 Å². The Morgan fingerprint density at radius 3 is 1.53 bits per heavy atom. The van der Waals surface area contributed by atoms with Gasteiger partial charge in [-0.2, -0.15) is 0 Å². The molecular formula is C14H15NS2. The number of aryl methyl sites for hydroxylation is 2. The molecule has 88 valence electrons. The van der Waals surface area contributed by atoms with Gasteiger partial charge in [-0.3, -0.25) is 0 Å². The summed E-state index contributed by atoms with van der Waals surface area (Å²) in [6.45, 7) is 4.09. The topological polar surface area (TPSA) is 12.0 Å². The molecule has 1 nitrogen and oxygen atoms in total. The Bertz CT molecular complexity index is 500. The third kappa shape index (κ3) is 2.99. The number of benzene rings is 2. The van der Waals surface area contributed by atoms with Crippen LogP contribution in [0.5, 0.6) is 0 Å². The van der Waals surface area contributed by atoms with Crippen molar-refractivity contribution in [1.29, 1.82) is 0 Å². The number of anilines is 2. The highest BCUT2D eigenvalue weighted by Gasteiger charge is 1.99. The molecule has 0 bridgehead atoms. The van der Waals surface area contributed by atoms with Crippen LogP contribution in [0.4, 0.5) is 11.4 Å². The largest absolute Gasteiger partial charge is 0.355 e. The standard InChI is InChI=1S/C14H15NS2/c1-9-3-5-11(7-13(9)16)15-12-6-4-10(2)14(17)8-12/h3-8,15-17H,1-2H3. The first-order valence-electron chi connectivity index (χ1n) is 5.42. The molecule has 17 heavy (non-hydrogen) atoms. The summed E-state index contributed by atoms with van der Waals surface area (Å²) in [6, 6.07) is 12.3. The van der Waals surface area contributed by atoms with Gasteiger partial charge in [0.15, 0.2) is 0 Å². The van der Waals surface area contributed by atoms with Crippen molar-refractivity contribution in [2.45, 2.75) is 23.6 Å². The van der Waals surface area contributed by atoms with Gasteiger partial charge >= 0.3 is 0 Å². The summed E-state index contributed by atoms with van der Waals surface area (Å²) < 4.78 is 0. The number of hydrogen-bond donors (Lipinski definition) is 3. The summed E-state index contributed by atoms with van der Waals surface area (Å²) in [5.74, 6) is 0. The molecule has 0 unspecified atom stereocenters. The van der Waals surface area contributed by atoms with Crippen molar-refractivity contribution in [1.82, 2.24) is 0 Å². The molecule has 2 rings (SSSR count). The van der Waals surface area contributed by atoms with Gasteiger partial charge < -0.3 is 5.32 Å². The summed E-state index contributed by atoms with van der Waals surface area (Å²) in [6.07, 6.45) is 0. The Hall–Kier alpha value is -1.06. The number of thiol groups is 2. The van der Waals surface area contributed by atoms with Crippen LogP contribution >= 0.6 is 25.3 Å². The van der Waals surface area contributed by atoms with Crippen molar-refractivity contribution < 1.29 is 0 Å². The van der Waals surface area contributed by atoms with E-state index in [2.05, 4.69) is 42.7 Å². The molecule has 0 spiro atoms. The minimum Gasteiger partial charge on any atom is -0.355 e. The van der Waals surface area contributed by atoms with E-state index in [-0.39, 0.29) is 0 Å². The average molecular weight is 261 g/mol. The maximum atomic E-state index is 4.42. The van der Waals surface area contributed by atoms with E-state index < -0.39 is 0 Å². The summed E-state index contributed by atoms with van der Waals surface area (Å²) in [7, 11) is 0. The van der Waals surface area contributed by atoms with Gasteiger partial charge in [-0.25, -0.2) is 0 Å². The molecule has 3 heteroatoms. The molecular weight excluding hydrogens is 246 g/mol. The van der Waals surface area contributed by atoms with Gasteiger partial charge in [0.25, 0.3) is 0 Å². The third-order valence-electron chi connectivity index (χ3n) is 2.71. The SMILES string of the molecule is Cc1ccc(Nc2ccc(C)c(S)c2)cc1S. The van der Waals surface area contributed by atoms with E-state index in [0.29, 0.717) is 0 Å². The van der Waals surface area contributed by atoms with Crippen LogP contribution in [0.1, 0.15) is 11.1 Å². The Balaban J connectivity index is 2.25. The van der Waals surface area contributed by atoms with E-state index in [1.807, 2.05) is 38.1 Å². The lowest BCUT2D eigenvalue weighted by atomic mass is 10.2. The van der Waals surface area contributed by atoms with Gasteiger partial charge in [-0.1, -0.05) is 12.1 Å². The second kappa shape index (κ2) is 5.07. The monoisotopic (exact) mass is 261 g/mol. The maximum Gasteiger partial charge on any atom is 0.0395 e. The van der Waals surface area contributed by atoms with E-state index >= 15 is 0 Å². The number of nitrogens with one attached hydrogen (secondary N) is 1. The lowest BCUT2D eigenvalue weighted by Crippen LogP contribution is -1.91. The Morgan fingerprint density at radius 2 is 1.18 bits per heavy atom. The predicted molar refractivity (Wildman–Crippen MR) is 80.1 cm³/mol. The quantitative estimate of drug-likeness (QED) is 0.670. The van der Waals surface area contributed by atoms with Crippen LogP contribution in [-0.4, -0.2) is 0 Å². The van der Waals surface area contributed by atoms with Gasteiger partial charge in [0.05, 0.1) is 0 Å². The van der Waals surface area contributed by atoms with Crippen LogP contribution in [0.2, 0.25) is 0 Å². The Kier molecular flexibility index (Phi) is 3.69. The molecule has 1 N–H and O–H groups in total. The molecule has 0 fully saturated rings. The van der Waals surface area contributed by atoms with Crippen molar-refractivity contribution in [3.05, 3.63) is 47.5 Å². The van der Waals surface area contributed by atoms with E-state index in [0.717, 1.165) is 21.2 Å². The molecule has 0 aliphatic rings. The highest BCUT2D eigenvalue weighted by molar-refractivity contribution is 7.80. The lowest BCUT2D eigenvalue weighted by Gasteiger charge is -2.09. The summed E-state index contributed by atoms with van der Waals surface area (Å²) in [5.41, 5.74) is 4.43. The van der Waals surface area contributed by atoms with Crippen LogP contribution in [0.3, 0.4) is 0 Å². The number of rotatable bonds is 2. The molecule has 0 atom stereocenters. The van der Waals surface area contributed by atoms with Gasteiger partial charge in [0.1, 0.15) is 0 Å². The number of hydrogen-bond acceptors (Lipinski definition) is 3. The molecule has 0 aromatic heterocycles. The first-order valence-corrected chi connectivity index (χ1v) is 6.32. The normalized spacial score (nSPS) is 10.4. The summed E-state index contributed by atoms with van der Waals surface area (Å²) >= 11 is 8.83. The fourth-order valence-electron chi connectivity index (χ4n) is 1.54. The predicted octanol–water partition coefficient (Wildman–Crippen LogP) is 4.62. The van der Waals surface area contributed by atoms with Crippen molar-refractivity contribution in [2.24, 2.45) is 0 Å². The zero-order valence-electron chi connectivity index (χ0n) is 9.86. The van der Waals surface area contributed by atoms with Crippen molar-refractivity contribution in [3.8, 4) is 0 Å². The molecule has 0 amide bonds. The van der Waals surface area contributed by atoms with Gasteiger partial charge in [-0.05, 0) is 49.2 Å². The van der Waals surface area contributed by atoms with E-state index in [1.54, 1.807) is 0 Å². The molecule has 0 radical (unpaired) electrons. The Morgan fingerprint density at radius 1 is 0.765 bits per heavy atom. The molecule has 0 saturated carbocycles. The van der Waals surface area contributed by atoms with Crippen molar-refractivity contribution in [2.75, 3.05) is 5.32 Å². The first-order chi connectivity index (χ1) is 8.06. The smallest absolute Gasteiger partial charge is 0.0395 e. The van der Waals surface area contributed by atoms with E-state index in [1.165, 1.54) is 11.1 Å². The zero-order chi connectivity index (χ0) is 12.4. The van der Waals surface area contributed by atoms with Crippen LogP contribution in [0.15, 0.2) is 46.2 Å². The van der Waals surface area contributed by atoms with Crippen LogP contribution in [-0.2, 0) is 0 Å². The van der Waals surface area contributed by atoms with E-state index in [9.17, 15) is 0 Å². The van der Waals surface area contributed by atoms with E-state index in [4.69, 9.17) is 0 Å². The van der Waals surface area contributed by atoms with Gasteiger partial charge in [0.2, 0.25) is 0 Å².